The van der Waals surface area contributed by atoms with Crippen molar-refractivity contribution < 1.29 is 9.90 Å². The average Bonchev–Trinajstić information content (AvgIpc) is 2.51. The van der Waals surface area contributed by atoms with Crippen LogP contribution in [0.3, 0.4) is 0 Å². The van der Waals surface area contributed by atoms with Gasteiger partial charge >= 0.3 is 6.03 Å². The van der Waals surface area contributed by atoms with Gasteiger partial charge in [0.2, 0.25) is 0 Å². The first-order valence-corrected chi connectivity index (χ1v) is 7.65. The minimum Gasteiger partial charge on any atom is -0.396 e. The van der Waals surface area contributed by atoms with Crippen LogP contribution in [0.5, 0.6) is 0 Å². The molecule has 1 aromatic heterocycles. The standard InChI is InChI=1S/C17H23N3O2/c1-3-13(6-8-21)11-19-17(22)20-15-10-12(2)9-14-5-4-7-18-16(14)15/h4-5,7,9-10,13,21H,3,6,8,11H2,1-2H3,(H2,19,20,22). The normalized spacial score (nSPS) is 12.1. The molecular formula is C17H23N3O2. The van der Waals surface area contributed by atoms with Gasteiger partial charge in [0.25, 0.3) is 0 Å². The topological polar surface area (TPSA) is 74.2 Å². The zero-order valence-electron chi connectivity index (χ0n) is 13.1. The maximum Gasteiger partial charge on any atom is 0.319 e. The molecule has 0 saturated carbocycles. The Hall–Kier alpha value is -2.14. The number of pyridine rings is 1. The first-order chi connectivity index (χ1) is 10.6. The molecule has 0 radical (unpaired) electrons. The minimum atomic E-state index is -0.242. The van der Waals surface area contributed by atoms with E-state index in [4.69, 9.17) is 5.11 Å². The fraction of sp³-hybridized carbons (Fsp3) is 0.412. The molecule has 5 heteroatoms. The Kier molecular flexibility index (Phi) is 5.72. The van der Waals surface area contributed by atoms with E-state index in [0.717, 1.165) is 22.9 Å². The highest BCUT2D eigenvalue weighted by Gasteiger charge is 2.10. The highest BCUT2D eigenvalue weighted by molar-refractivity contribution is 5.99. The lowest BCUT2D eigenvalue weighted by atomic mass is 10.0. The Labute approximate surface area is 130 Å². The number of hydrogen-bond acceptors (Lipinski definition) is 3. The first kappa shape index (κ1) is 16.2. The summed E-state index contributed by atoms with van der Waals surface area (Å²) >= 11 is 0. The van der Waals surface area contributed by atoms with E-state index in [1.165, 1.54) is 0 Å². The molecule has 5 nitrogen and oxygen atoms in total. The van der Waals surface area contributed by atoms with Crippen LogP contribution in [0.2, 0.25) is 0 Å². The third-order valence-corrected chi connectivity index (χ3v) is 3.76. The van der Waals surface area contributed by atoms with Crippen molar-refractivity contribution in [1.82, 2.24) is 10.3 Å². The number of aryl methyl sites for hydroxylation is 1. The quantitative estimate of drug-likeness (QED) is 0.767. The van der Waals surface area contributed by atoms with Crippen molar-refractivity contribution >= 4 is 22.6 Å². The van der Waals surface area contributed by atoms with Crippen LogP contribution in [0.15, 0.2) is 30.5 Å². The van der Waals surface area contributed by atoms with Crippen LogP contribution < -0.4 is 10.6 Å². The predicted octanol–water partition coefficient (Wildman–Crippen LogP) is 3.07. The minimum absolute atomic E-state index is 0.147. The number of amides is 2. The zero-order valence-corrected chi connectivity index (χ0v) is 13.1. The zero-order chi connectivity index (χ0) is 15.9. The van der Waals surface area contributed by atoms with E-state index in [2.05, 4.69) is 22.5 Å². The summed E-state index contributed by atoms with van der Waals surface area (Å²) < 4.78 is 0. The smallest absolute Gasteiger partial charge is 0.319 e. The molecule has 0 aliphatic rings. The average molecular weight is 301 g/mol. The van der Waals surface area contributed by atoms with Crippen molar-refractivity contribution in [2.24, 2.45) is 5.92 Å². The molecule has 0 fully saturated rings. The lowest BCUT2D eigenvalue weighted by molar-refractivity contribution is 0.238. The van der Waals surface area contributed by atoms with Gasteiger partial charge in [-0.3, -0.25) is 4.98 Å². The van der Waals surface area contributed by atoms with Gasteiger partial charge in [0.05, 0.1) is 11.2 Å². The van der Waals surface area contributed by atoms with Gasteiger partial charge in [0.15, 0.2) is 0 Å². The molecule has 2 rings (SSSR count). The van der Waals surface area contributed by atoms with Crippen molar-refractivity contribution in [2.75, 3.05) is 18.5 Å². The number of carbonyl (C=O) groups excluding carboxylic acids is 1. The van der Waals surface area contributed by atoms with E-state index < -0.39 is 0 Å². The molecule has 0 saturated heterocycles. The third-order valence-electron chi connectivity index (χ3n) is 3.76. The van der Waals surface area contributed by atoms with E-state index in [1.54, 1.807) is 6.20 Å². The van der Waals surface area contributed by atoms with E-state index in [1.807, 2.05) is 31.2 Å². The summed E-state index contributed by atoms with van der Waals surface area (Å²) in [5.41, 5.74) is 2.57. The number of hydrogen-bond donors (Lipinski definition) is 3. The van der Waals surface area contributed by atoms with Crippen LogP contribution in [0.25, 0.3) is 10.9 Å². The van der Waals surface area contributed by atoms with Crippen LogP contribution in [-0.2, 0) is 0 Å². The van der Waals surface area contributed by atoms with Crippen LogP contribution in [0.1, 0.15) is 25.3 Å². The molecule has 1 aromatic carbocycles. The summed E-state index contributed by atoms with van der Waals surface area (Å²) in [4.78, 5) is 16.4. The maximum atomic E-state index is 12.1. The van der Waals surface area contributed by atoms with Gasteiger partial charge in [-0.1, -0.05) is 19.4 Å². The number of benzene rings is 1. The monoisotopic (exact) mass is 301 g/mol. The van der Waals surface area contributed by atoms with Crippen molar-refractivity contribution in [3.63, 3.8) is 0 Å². The van der Waals surface area contributed by atoms with Crippen LogP contribution in [0, 0.1) is 12.8 Å². The van der Waals surface area contributed by atoms with Gasteiger partial charge in [-0.25, -0.2) is 4.79 Å². The van der Waals surface area contributed by atoms with E-state index in [-0.39, 0.29) is 12.6 Å². The van der Waals surface area contributed by atoms with Crippen LogP contribution >= 0.6 is 0 Å². The molecule has 2 amide bonds. The number of rotatable bonds is 6. The van der Waals surface area contributed by atoms with Crippen molar-refractivity contribution in [1.29, 1.82) is 0 Å². The number of anilines is 1. The van der Waals surface area contributed by atoms with Crippen molar-refractivity contribution in [3.8, 4) is 0 Å². The molecule has 0 spiro atoms. The summed E-state index contributed by atoms with van der Waals surface area (Å²) in [6, 6.07) is 7.58. The van der Waals surface area contributed by atoms with Gasteiger partial charge in [-0.05, 0) is 43.0 Å². The highest BCUT2D eigenvalue weighted by atomic mass is 16.3. The molecule has 1 atom stereocenters. The molecule has 1 heterocycles. The van der Waals surface area contributed by atoms with Crippen LogP contribution in [0.4, 0.5) is 10.5 Å². The summed E-state index contributed by atoms with van der Waals surface area (Å²) in [7, 11) is 0. The molecule has 0 aliphatic carbocycles. The van der Waals surface area contributed by atoms with Gasteiger partial charge in [0.1, 0.15) is 0 Å². The van der Waals surface area contributed by atoms with E-state index >= 15 is 0 Å². The molecule has 0 aliphatic heterocycles. The number of aliphatic hydroxyl groups excluding tert-OH is 1. The summed E-state index contributed by atoms with van der Waals surface area (Å²) in [6.45, 7) is 4.75. The number of nitrogens with one attached hydrogen (secondary N) is 2. The fourth-order valence-electron chi connectivity index (χ4n) is 2.47. The molecular weight excluding hydrogens is 278 g/mol. The van der Waals surface area contributed by atoms with E-state index in [0.29, 0.717) is 24.6 Å². The summed E-state index contributed by atoms with van der Waals surface area (Å²) in [5, 5.41) is 15.7. The van der Waals surface area contributed by atoms with Crippen molar-refractivity contribution in [2.45, 2.75) is 26.7 Å². The van der Waals surface area contributed by atoms with Crippen molar-refractivity contribution in [3.05, 3.63) is 36.0 Å². The van der Waals surface area contributed by atoms with Gasteiger partial charge in [-0.15, -0.1) is 0 Å². The Balaban J connectivity index is 2.05. The van der Waals surface area contributed by atoms with Gasteiger partial charge in [0, 0.05) is 24.7 Å². The largest absolute Gasteiger partial charge is 0.396 e. The summed E-state index contributed by atoms with van der Waals surface area (Å²) in [6.07, 6.45) is 3.34. The number of fused-ring (bicyclic) bond motifs is 1. The Bertz CT molecular complexity index is 643. The SMILES string of the molecule is CCC(CCO)CNC(=O)Nc1cc(C)cc2cccnc12. The Morgan fingerprint density at radius 2 is 2.23 bits per heavy atom. The number of aliphatic hydroxyl groups is 1. The number of urea groups is 1. The number of carbonyl (C=O) groups is 1. The lowest BCUT2D eigenvalue weighted by Crippen LogP contribution is -2.33. The second-order valence-electron chi connectivity index (χ2n) is 5.51. The first-order valence-electron chi connectivity index (χ1n) is 7.65. The molecule has 22 heavy (non-hydrogen) atoms. The number of aromatic nitrogens is 1. The Morgan fingerprint density at radius 1 is 1.41 bits per heavy atom. The van der Waals surface area contributed by atoms with E-state index in [9.17, 15) is 4.79 Å². The summed E-state index contributed by atoms with van der Waals surface area (Å²) in [5.74, 6) is 0.295. The highest BCUT2D eigenvalue weighted by Crippen LogP contribution is 2.23. The molecule has 1 unspecified atom stereocenters. The predicted molar refractivity (Wildman–Crippen MR) is 89.0 cm³/mol. The Morgan fingerprint density at radius 3 is 2.95 bits per heavy atom. The second-order valence-corrected chi connectivity index (χ2v) is 5.51. The maximum absolute atomic E-state index is 12.1. The lowest BCUT2D eigenvalue weighted by Gasteiger charge is -2.15. The number of nitrogens with zero attached hydrogens (tertiary/aromatic N) is 1. The third kappa shape index (κ3) is 4.18. The molecule has 2 aromatic rings. The molecule has 3 N–H and O–H groups in total. The second kappa shape index (κ2) is 7.75. The van der Waals surface area contributed by atoms with Crippen LogP contribution in [-0.4, -0.2) is 29.3 Å². The fourth-order valence-corrected chi connectivity index (χ4v) is 2.47. The van der Waals surface area contributed by atoms with Gasteiger partial charge in [-0.2, -0.15) is 0 Å². The molecule has 118 valence electrons. The van der Waals surface area contributed by atoms with Gasteiger partial charge < -0.3 is 15.7 Å². The molecule has 0 bridgehead atoms.